The van der Waals surface area contributed by atoms with Crippen molar-refractivity contribution in [3.05, 3.63) is 12.0 Å². The van der Waals surface area contributed by atoms with Crippen LogP contribution in [0.15, 0.2) is 11.2 Å². The molecule has 3 N–H and O–H groups in total. The number of nitrogens with two attached hydrogens (primary N) is 1. The molecule has 0 saturated heterocycles. The Morgan fingerprint density at radius 2 is 2.12 bits per heavy atom. The molecule has 0 aliphatic heterocycles. The van der Waals surface area contributed by atoms with Crippen LogP contribution in [0, 0.1) is 6.92 Å². The number of sulfonamides is 1. The maximum atomic E-state index is 12.4. The van der Waals surface area contributed by atoms with Gasteiger partial charge in [0.2, 0.25) is 0 Å². The van der Waals surface area contributed by atoms with Gasteiger partial charge in [0, 0.05) is 18.6 Å². The van der Waals surface area contributed by atoms with Crippen LogP contribution in [0.1, 0.15) is 26.6 Å². The zero-order chi connectivity index (χ0) is 13.3. The number of aromatic amines is 1. The van der Waals surface area contributed by atoms with E-state index in [9.17, 15) is 8.42 Å². The summed E-state index contributed by atoms with van der Waals surface area (Å²) < 4.78 is 26.1. The Kier molecular flexibility index (Phi) is 3.95. The Balaban J connectivity index is 3.20. The molecule has 17 heavy (non-hydrogen) atoms. The standard InChI is InChI=1S/C10H20N4O2S/c1-5-14(10(3,4)7-11)17(15,16)9-6-12-8(2)13-9/h6H,5,7,11H2,1-4H3,(H,12,13). The summed E-state index contributed by atoms with van der Waals surface area (Å²) in [6, 6.07) is 0. The molecule has 0 bridgehead atoms. The van der Waals surface area contributed by atoms with E-state index in [1.54, 1.807) is 27.7 Å². The van der Waals surface area contributed by atoms with Gasteiger partial charge in [-0.2, -0.15) is 4.31 Å². The first-order valence-corrected chi connectivity index (χ1v) is 6.94. The van der Waals surface area contributed by atoms with Crippen LogP contribution in [0.25, 0.3) is 0 Å². The molecule has 1 rings (SSSR count). The van der Waals surface area contributed by atoms with E-state index < -0.39 is 15.6 Å². The molecular weight excluding hydrogens is 240 g/mol. The molecule has 0 fully saturated rings. The van der Waals surface area contributed by atoms with Gasteiger partial charge in [-0.3, -0.25) is 0 Å². The minimum atomic E-state index is -3.56. The summed E-state index contributed by atoms with van der Waals surface area (Å²) in [6.07, 6.45) is 1.33. The van der Waals surface area contributed by atoms with Crippen molar-refractivity contribution < 1.29 is 8.42 Å². The maximum absolute atomic E-state index is 12.4. The SMILES string of the molecule is CCN(C(C)(C)CN)S(=O)(=O)c1cnc(C)[nH]1. The molecule has 0 aliphatic carbocycles. The summed E-state index contributed by atoms with van der Waals surface area (Å²) in [5.41, 5.74) is 5.01. The van der Waals surface area contributed by atoms with Crippen molar-refractivity contribution in [2.45, 2.75) is 38.3 Å². The van der Waals surface area contributed by atoms with E-state index in [0.29, 0.717) is 12.4 Å². The number of imidazole rings is 1. The number of hydrogen-bond acceptors (Lipinski definition) is 4. The summed E-state index contributed by atoms with van der Waals surface area (Å²) in [6.45, 7) is 7.73. The molecule has 7 heteroatoms. The molecule has 6 nitrogen and oxygen atoms in total. The lowest BCUT2D eigenvalue weighted by Crippen LogP contribution is -2.52. The van der Waals surface area contributed by atoms with Gasteiger partial charge in [0.15, 0.2) is 5.03 Å². The fourth-order valence-electron chi connectivity index (χ4n) is 1.67. The highest BCUT2D eigenvalue weighted by atomic mass is 32.2. The number of nitrogens with zero attached hydrogens (tertiary/aromatic N) is 2. The van der Waals surface area contributed by atoms with E-state index in [4.69, 9.17) is 5.73 Å². The predicted octanol–water partition coefficient (Wildman–Crippen LogP) is 0.466. The molecule has 1 aromatic heterocycles. The first kappa shape index (κ1) is 14.1. The van der Waals surface area contributed by atoms with Crippen LogP contribution in [0.2, 0.25) is 0 Å². The first-order chi connectivity index (χ1) is 7.75. The minimum absolute atomic E-state index is 0.110. The number of aryl methyl sites for hydroxylation is 1. The summed E-state index contributed by atoms with van der Waals surface area (Å²) in [4.78, 5) is 6.66. The zero-order valence-corrected chi connectivity index (χ0v) is 11.5. The second kappa shape index (κ2) is 4.75. The Labute approximate surface area is 102 Å². The number of rotatable bonds is 5. The minimum Gasteiger partial charge on any atom is -0.332 e. The van der Waals surface area contributed by atoms with E-state index >= 15 is 0 Å². The van der Waals surface area contributed by atoms with Gasteiger partial charge in [0.05, 0.1) is 6.20 Å². The Bertz CT molecular complexity index is 478. The Hall–Kier alpha value is -0.920. The van der Waals surface area contributed by atoms with Crippen LogP contribution < -0.4 is 5.73 Å². The molecule has 98 valence electrons. The van der Waals surface area contributed by atoms with E-state index in [-0.39, 0.29) is 11.6 Å². The summed E-state index contributed by atoms with van der Waals surface area (Å²) in [7, 11) is -3.56. The van der Waals surface area contributed by atoms with Gasteiger partial charge >= 0.3 is 0 Å². The Morgan fingerprint density at radius 3 is 2.47 bits per heavy atom. The van der Waals surface area contributed by atoms with Gasteiger partial charge in [0.25, 0.3) is 10.0 Å². The van der Waals surface area contributed by atoms with Crippen LogP contribution >= 0.6 is 0 Å². The lowest BCUT2D eigenvalue weighted by atomic mass is 10.1. The lowest BCUT2D eigenvalue weighted by Gasteiger charge is -2.35. The molecular formula is C10H20N4O2S. The summed E-state index contributed by atoms with van der Waals surface area (Å²) >= 11 is 0. The lowest BCUT2D eigenvalue weighted by molar-refractivity contribution is 0.243. The van der Waals surface area contributed by atoms with Gasteiger partial charge in [0.1, 0.15) is 5.82 Å². The van der Waals surface area contributed by atoms with Crippen LogP contribution in [-0.4, -0.2) is 41.3 Å². The third kappa shape index (κ3) is 2.67. The number of hydrogen-bond donors (Lipinski definition) is 2. The quantitative estimate of drug-likeness (QED) is 0.804. The van der Waals surface area contributed by atoms with Crippen LogP contribution in [0.5, 0.6) is 0 Å². The average molecular weight is 260 g/mol. The van der Waals surface area contributed by atoms with Gasteiger partial charge in [-0.15, -0.1) is 0 Å². The number of likely N-dealkylation sites (N-methyl/N-ethyl adjacent to an activating group) is 1. The molecule has 0 aromatic carbocycles. The van der Waals surface area contributed by atoms with Gasteiger partial charge in [-0.1, -0.05) is 6.92 Å². The van der Waals surface area contributed by atoms with Crippen molar-refractivity contribution in [3.63, 3.8) is 0 Å². The van der Waals surface area contributed by atoms with Crippen LogP contribution in [0.4, 0.5) is 0 Å². The topological polar surface area (TPSA) is 92.1 Å². The van der Waals surface area contributed by atoms with Crippen molar-refractivity contribution in [1.82, 2.24) is 14.3 Å². The highest BCUT2D eigenvalue weighted by molar-refractivity contribution is 7.89. The van der Waals surface area contributed by atoms with E-state index in [2.05, 4.69) is 9.97 Å². The monoisotopic (exact) mass is 260 g/mol. The highest BCUT2D eigenvalue weighted by Crippen LogP contribution is 2.22. The zero-order valence-electron chi connectivity index (χ0n) is 10.7. The van der Waals surface area contributed by atoms with Gasteiger partial charge in [-0.25, -0.2) is 13.4 Å². The normalized spacial score (nSPS) is 13.3. The van der Waals surface area contributed by atoms with Crippen molar-refractivity contribution >= 4 is 10.0 Å². The largest absolute Gasteiger partial charge is 0.332 e. The Morgan fingerprint density at radius 1 is 1.53 bits per heavy atom. The summed E-state index contributed by atoms with van der Waals surface area (Å²) in [5, 5.41) is 0.110. The van der Waals surface area contributed by atoms with E-state index in [1.807, 2.05) is 0 Å². The predicted molar refractivity (Wildman–Crippen MR) is 66.0 cm³/mol. The van der Waals surface area contributed by atoms with Crippen LogP contribution in [-0.2, 0) is 10.0 Å². The van der Waals surface area contributed by atoms with E-state index in [1.165, 1.54) is 10.5 Å². The average Bonchev–Trinajstić information content (AvgIpc) is 2.65. The number of aromatic nitrogens is 2. The molecule has 0 atom stereocenters. The number of nitrogens with one attached hydrogen (secondary N) is 1. The van der Waals surface area contributed by atoms with Crippen molar-refractivity contribution in [2.24, 2.45) is 5.73 Å². The molecule has 1 heterocycles. The molecule has 0 spiro atoms. The van der Waals surface area contributed by atoms with Gasteiger partial charge in [-0.05, 0) is 20.8 Å². The molecule has 0 aliphatic rings. The van der Waals surface area contributed by atoms with Crippen molar-refractivity contribution in [1.29, 1.82) is 0 Å². The smallest absolute Gasteiger partial charge is 0.260 e. The molecule has 0 saturated carbocycles. The third-order valence-electron chi connectivity index (χ3n) is 2.71. The third-order valence-corrected chi connectivity index (χ3v) is 4.81. The molecule has 0 unspecified atom stereocenters. The molecule has 1 aromatic rings. The van der Waals surface area contributed by atoms with Crippen molar-refractivity contribution in [2.75, 3.05) is 13.1 Å². The maximum Gasteiger partial charge on any atom is 0.260 e. The fourth-order valence-corrected chi connectivity index (χ4v) is 3.44. The summed E-state index contributed by atoms with van der Waals surface area (Å²) in [5.74, 6) is 0.574. The highest BCUT2D eigenvalue weighted by Gasteiger charge is 2.35. The van der Waals surface area contributed by atoms with E-state index in [0.717, 1.165) is 0 Å². The molecule has 0 radical (unpaired) electrons. The number of H-pyrrole nitrogens is 1. The van der Waals surface area contributed by atoms with Crippen molar-refractivity contribution in [3.8, 4) is 0 Å². The molecule has 0 amide bonds. The first-order valence-electron chi connectivity index (χ1n) is 5.50. The van der Waals surface area contributed by atoms with Gasteiger partial charge < -0.3 is 10.7 Å². The van der Waals surface area contributed by atoms with Crippen LogP contribution in [0.3, 0.4) is 0 Å². The fraction of sp³-hybridized carbons (Fsp3) is 0.700. The second-order valence-electron chi connectivity index (χ2n) is 4.52. The second-order valence-corrected chi connectivity index (χ2v) is 6.35.